The van der Waals surface area contributed by atoms with Crippen molar-refractivity contribution >= 4 is 38.0 Å². The minimum atomic E-state index is -3.67. The minimum Gasteiger partial charge on any atom is -0.497 e. The quantitative estimate of drug-likeness (QED) is 0.425. The van der Waals surface area contributed by atoms with Gasteiger partial charge in [-0.05, 0) is 36.4 Å². The molecule has 10 nitrogen and oxygen atoms in total. The standard InChI is InChI=1S/C22H22N4O3.CH4O3S/c1-28-16-4-5-20-17(12-16)18(19-11-15-3-2-6-23-22(15)24-19)13-26(20)14-21(27)25-7-9-29-10-8-25;1-5(2,3)4/h2-6,11-13H,7-10,14H2,1H3,(H,23,24);1H3,(H,2,3,4). The van der Waals surface area contributed by atoms with Gasteiger partial charge in [0.2, 0.25) is 5.91 Å². The van der Waals surface area contributed by atoms with Crippen LogP contribution in [0.25, 0.3) is 33.2 Å². The van der Waals surface area contributed by atoms with E-state index < -0.39 is 10.1 Å². The first-order valence-electron chi connectivity index (χ1n) is 10.6. The van der Waals surface area contributed by atoms with Crippen LogP contribution in [-0.4, -0.2) is 78.0 Å². The van der Waals surface area contributed by atoms with Crippen molar-refractivity contribution in [2.75, 3.05) is 39.7 Å². The smallest absolute Gasteiger partial charge is 0.261 e. The summed E-state index contributed by atoms with van der Waals surface area (Å²) in [4.78, 5) is 22.5. The van der Waals surface area contributed by atoms with Crippen LogP contribution in [0.2, 0.25) is 0 Å². The number of aromatic amines is 1. The molecule has 2 N–H and O–H groups in total. The fourth-order valence-corrected chi connectivity index (χ4v) is 3.91. The van der Waals surface area contributed by atoms with Crippen molar-refractivity contribution in [1.82, 2.24) is 19.4 Å². The van der Waals surface area contributed by atoms with Crippen molar-refractivity contribution in [1.29, 1.82) is 0 Å². The molecule has 4 aromatic rings. The molecule has 0 unspecified atom stereocenters. The third kappa shape index (κ3) is 5.56. The zero-order valence-electron chi connectivity index (χ0n) is 18.9. The number of H-pyrrole nitrogens is 1. The van der Waals surface area contributed by atoms with E-state index in [0.29, 0.717) is 39.1 Å². The van der Waals surface area contributed by atoms with Crippen molar-refractivity contribution in [2.45, 2.75) is 6.54 Å². The maximum atomic E-state index is 12.8. The number of morpholine rings is 1. The van der Waals surface area contributed by atoms with Gasteiger partial charge in [-0.15, -0.1) is 0 Å². The summed E-state index contributed by atoms with van der Waals surface area (Å²) in [6.07, 6.45) is 4.52. The molecule has 11 heteroatoms. The van der Waals surface area contributed by atoms with E-state index in [9.17, 15) is 13.2 Å². The van der Waals surface area contributed by atoms with Gasteiger partial charge in [0.15, 0.2) is 0 Å². The Hall–Kier alpha value is -3.41. The number of nitrogens with zero attached hydrogens (tertiary/aromatic N) is 3. The first-order chi connectivity index (χ1) is 16.2. The zero-order valence-corrected chi connectivity index (χ0v) is 19.7. The number of pyridine rings is 1. The molecule has 0 aliphatic carbocycles. The number of hydrogen-bond acceptors (Lipinski definition) is 6. The summed E-state index contributed by atoms with van der Waals surface area (Å²) in [5.74, 6) is 0.885. The molecule has 0 saturated carbocycles. The Morgan fingerprint density at radius 1 is 1.24 bits per heavy atom. The third-order valence-corrected chi connectivity index (χ3v) is 5.44. The fraction of sp³-hybridized carbons (Fsp3) is 0.304. The molecule has 3 aromatic heterocycles. The number of ether oxygens (including phenoxy) is 2. The van der Waals surface area contributed by atoms with E-state index >= 15 is 0 Å². The Bertz CT molecular complexity index is 1380. The molecule has 34 heavy (non-hydrogen) atoms. The van der Waals surface area contributed by atoms with E-state index in [0.717, 1.165) is 38.9 Å². The lowest BCUT2D eigenvalue weighted by molar-refractivity contribution is -0.135. The summed E-state index contributed by atoms with van der Waals surface area (Å²) >= 11 is 0. The molecule has 5 rings (SSSR count). The molecule has 0 radical (unpaired) electrons. The highest BCUT2D eigenvalue weighted by molar-refractivity contribution is 7.85. The number of methoxy groups -OCH3 is 1. The molecule has 0 bridgehead atoms. The molecule has 180 valence electrons. The zero-order chi connectivity index (χ0) is 24.3. The number of benzene rings is 1. The van der Waals surface area contributed by atoms with E-state index in [2.05, 4.69) is 16.0 Å². The van der Waals surface area contributed by atoms with E-state index in [1.54, 1.807) is 13.3 Å². The lowest BCUT2D eigenvalue weighted by atomic mass is 10.1. The van der Waals surface area contributed by atoms with E-state index in [1.807, 2.05) is 46.0 Å². The number of nitrogens with one attached hydrogen (secondary N) is 1. The van der Waals surface area contributed by atoms with Crippen molar-refractivity contribution in [3.63, 3.8) is 0 Å². The minimum absolute atomic E-state index is 0.103. The average molecular weight is 487 g/mol. The molecule has 4 heterocycles. The molecule has 1 aromatic carbocycles. The predicted octanol–water partition coefficient (Wildman–Crippen LogP) is 2.56. The van der Waals surface area contributed by atoms with Crippen molar-refractivity contribution in [2.24, 2.45) is 0 Å². The van der Waals surface area contributed by atoms with Crippen molar-refractivity contribution < 1.29 is 27.2 Å². The van der Waals surface area contributed by atoms with E-state index in [1.165, 1.54) is 0 Å². The second-order valence-corrected chi connectivity index (χ2v) is 9.37. The first-order valence-corrected chi connectivity index (χ1v) is 12.5. The van der Waals surface area contributed by atoms with Crippen LogP contribution in [-0.2, 0) is 26.2 Å². The number of rotatable bonds is 4. The number of aromatic nitrogens is 3. The number of amides is 1. The Balaban J connectivity index is 0.000000499. The van der Waals surface area contributed by atoms with Crippen LogP contribution in [0.3, 0.4) is 0 Å². The van der Waals surface area contributed by atoms with Crippen LogP contribution in [0.1, 0.15) is 0 Å². The Morgan fingerprint density at radius 2 is 1.97 bits per heavy atom. The topological polar surface area (TPSA) is 127 Å². The highest BCUT2D eigenvalue weighted by Gasteiger charge is 2.20. The fourth-order valence-electron chi connectivity index (χ4n) is 3.91. The number of carbonyl (C=O) groups excluding carboxylic acids is 1. The average Bonchev–Trinajstić information content (AvgIpc) is 3.39. The van der Waals surface area contributed by atoms with Crippen molar-refractivity contribution in [3.05, 3.63) is 48.8 Å². The summed E-state index contributed by atoms with van der Waals surface area (Å²) in [7, 11) is -2.01. The molecular weight excluding hydrogens is 460 g/mol. The Labute approximate surface area is 196 Å². The lowest BCUT2D eigenvalue weighted by Gasteiger charge is -2.27. The Kier molecular flexibility index (Phi) is 6.87. The molecule has 1 aliphatic heterocycles. The van der Waals surface area contributed by atoms with Crippen LogP contribution >= 0.6 is 0 Å². The van der Waals surface area contributed by atoms with Gasteiger partial charge in [0, 0.05) is 53.0 Å². The highest BCUT2D eigenvalue weighted by Crippen LogP contribution is 2.34. The van der Waals surface area contributed by atoms with Gasteiger partial charge in [-0.3, -0.25) is 9.35 Å². The van der Waals surface area contributed by atoms with Crippen molar-refractivity contribution in [3.8, 4) is 17.0 Å². The normalized spacial score (nSPS) is 14.1. The largest absolute Gasteiger partial charge is 0.497 e. The van der Waals surface area contributed by atoms with Gasteiger partial charge in [-0.1, -0.05) is 0 Å². The monoisotopic (exact) mass is 486 g/mol. The SMILES string of the molecule is COc1ccc2c(c1)c(-c1cc3cccnc3[nH]1)cn2CC(=O)N1CCOCC1.CS(=O)(=O)O. The van der Waals surface area contributed by atoms with Crippen LogP contribution in [0, 0.1) is 0 Å². The van der Waals surface area contributed by atoms with Gasteiger partial charge in [-0.2, -0.15) is 8.42 Å². The second-order valence-electron chi connectivity index (χ2n) is 7.90. The molecule has 1 aliphatic rings. The van der Waals surface area contributed by atoms with E-state index in [-0.39, 0.29) is 5.91 Å². The molecular formula is C23H26N4O6S. The summed E-state index contributed by atoms with van der Waals surface area (Å²) in [5, 5.41) is 2.08. The van der Waals surface area contributed by atoms with Crippen LogP contribution in [0.5, 0.6) is 5.75 Å². The summed E-state index contributed by atoms with van der Waals surface area (Å²) < 4.78 is 38.7. The number of hydrogen-bond donors (Lipinski definition) is 2. The summed E-state index contributed by atoms with van der Waals surface area (Å²) in [6.45, 7) is 2.78. The maximum Gasteiger partial charge on any atom is 0.261 e. The first kappa shape index (κ1) is 23.7. The Morgan fingerprint density at radius 3 is 2.65 bits per heavy atom. The van der Waals surface area contributed by atoms with Crippen LogP contribution in [0.4, 0.5) is 0 Å². The van der Waals surface area contributed by atoms with Gasteiger partial charge >= 0.3 is 0 Å². The van der Waals surface area contributed by atoms with Gasteiger partial charge in [0.05, 0.1) is 26.6 Å². The van der Waals surface area contributed by atoms with Gasteiger partial charge < -0.3 is 23.9 Å². The lowest BCUT2D eigenvalue weighted by Crippen LogP contribution is -2.42. The van der Waals surface area contributed by atoms with Gasteiger partial charge in [0.25, 0.3) is 10.1 Å². The second kappa shape index (κ2) is 9.84. The predicted molar refractivity (Wildman–Crippen MR) is 128 cm³/mol. The van der Waals surface area contributed by atoms with Crippen LogP contribution in [0.15, 0.2) is 48.8 Å². The highest BCUT2D eigenvalue weighted by atomic mass is 32.2. The third-order valence-electron chi connectivity index (χ3n) is 5.44. The molecule has 0 atom stereocenters. The van der Waals surface area contributed by atoms with Gasteiger partial charge in [-0.25, -0.2) is 4.98 Å². The summed E-state index contributed by atoms with van der Waals surface area (Å²) in [5.41, 5.74) is 3.82. The number of carbonyl (C=O) groups is 1. The van der Waals surface area contributed by atoms with E-state index in [4.69, 9.17) is 14.0 Å². The number of fused-ring (bicyclic) bond motifs is 2. The maximum absolute atomic E-state index is 12.8. The molecule has 1 saturated heterocycles. The molecule has 1 amide bonds. The summed E-state index contributed by atoms with van der Waals surface area (Å²) in [6, 6.07) is 12.0. The van der Waals surface area contributed by atoms with Crippen LogP contribution < -0.4 is 4.74 Å². The molecule has 0 spiro atoms. The van der Waals surface area contributed by atoms with Gasteiger partial charge in [0.1, 0.15) is 17.9 Å². The molecule has 1 fully saturated rings.